The van der Waals surface area contributed by atoms with Crippen molar-refractivity contribution in [3.05, 3.63) is 114 Å². The maximum Gasteiger partial charge on any atom is 0.0463 e. The van der Waals surface area contributed by atoms with Gasteiger partial charge in [0.25, 0.3) is 0 Å². The predicted molar refractivity (Wildman–Crippen MR) is 153 cm³/mol. The van der Waals surface area contributed by atoms with E-state index in [1.807, 2.05) is 0 Å². The highest BCUT2D eigenvalue weighted by Gasteiger charge is 2.24. The number of hydrogen-bond donors (Lipinski definition) is 0. The van der Waals surface area contributed by atoms with Crippen molar-refractivity contribution in [3.8, 4) is 0 Å². The highest BCUT2D eigenvalue weighted by atomic mass is 15.2. The molecule has 35 heavy (non-hydrogen) atoms. The first-order valence-corrected chi connectivity index (χ1v) is 12.5. The van der Waals surface area contributed by atoms with Crippen LogP contribution in [0.3, 0.4) is 0 Å². The molecule has 0 saturated heterocycles. The summed E-state index contributed by atoms with van der Waals surface area (Å²) in [6.07, 6.45) is 0. The second kappa shape index (κ2) is 9.62. The Hall–Kier alpha value is -3.52. The zero-order valence-corrected chi connectivity index (χ0v) is 22.2. The smallest absolute Gasteiger partial charge is 0.0463 e. The van der Waals surface area contributed by atoms with Gasteiger partial charge in [0.2, 0.25) is 0 Å². The minimum atomic E-state index is -0.0569. The van der Waals surface area contributed by atoms with Crippen LogP contribution in [-0.2, 0) is 5.41 Å². The molecule has 0 atom stereocenters. The molecule has 0 aliphatic carbocycles. The van der Waals surface area contributed by atoms with Crippen LogP contribution in [-0.4, -0.2) is 5.54 Å². The zero-order chi connectivity index (χ0) is 25.2. The molecule has 0 aliphatic rings. The SMILES string of the molecule is Cc1ccc(N(c2ccc(N(c3ccccc3)c3ccc(C(C)(C)C)cc3)cc2)C(C)(C)C)cc1. The van der Waals surface area contributed by atoms with Crippen LogP contribution in [0.1, 0.15) is 52.7 Å². The molecule has 4 rings (SSSR count). The van der Waals surface area contributed by atoms with E-state index in [2.05, 4.69) is 161 Å². The van der Waals surface area contributed by atoms with E-state index < -0.39 is 0 Å². The van der Waals surface area contributed by atoms with Crippen molar-refractivity contribution in [1.29, 1.82) is 0 Å². The summed E-state index contributed by atoms with van der Waals surface area (Å²) in [4.78, 5) is 4.73. The number of benzene rings is 4. The molecule has 0 N–H and O–H groups in total. The minimum absolute atomic E-state index is 0.0569. The van der Waals surface area contributed by atoms with Crippen LogP contribution < -0.4 is 9.80 Å². The lowest BCUT2D eigenvalue weighted by Crippen LogP contribution is -2.37. The van der Waals surface area contributed by atoms with Gasteiger partial charge in [0.15, 0.2) is 0 Å². The van der Waals surface area contributed by atoms with Crippen LogP contribution in [0, 0.1) is 6.92 Å². The first-order chi connectivity index (χ1) is 16.5. The second-order valence-electron chi connectivity index (χ2n) is 11.3. The predicted octanol–water partition coefficient (Wildman–Crippen LogP) is 9.70. The Morgan fingerprint density at radius 3 is 1.31 bits per heavy atom. The van der Waals surface area contributed by atoms with Gasteiger partial charge in [-0.05, 0) is 99.3 Å². The zero-order valence-electron chi connectivity index (χ0n) is 22.2. The van der Waals surface area contributed by atoms with E-state index in [0.717, 1.165) is 17.1 Å². The molecule has 0 unspecified atom stereocenters. The van der Waals surface area contributed by atoms with Gasteiger partial charge in [-0.3, -0.25) is 0 Å². The Balaban J connectivity index is 1.75. The Morgan fingerprint density at radius 1 is 0.457 bits per heavy atom. The van der Waals surface area contributed by atoms with Gasteiger partial charge >= 0.3 is 0 Å². The van der Waals surface area contributed by atoms with E-state index in [1.54, 1.807) is 0 Å². The minimum Gasteiger partial charge on any atom is -0.336 e. The topological polar surface area (TPSA) is 6.48 Å². The molecule has 2 heteroatoms. The highest BCUT2D eigenvalue weighted by molar-refractivity contribution is 5.78. The lowest BCUT2D eigenvalue weighted by Gasteiger charge is -2.38. The monoisotopic (exact) mass is 462 g/mol. The standard InChI is InChI=1S/C33H38N2/c1-25-13-17-30(18-14-25)35(33(5,6)7)31-23-21-29(22-24-31)34(27-11-9-8-10-12-27)28-19-15-26(16-20-28)32(2,3)4/h8-24H,1-7H3. The van der Waals surface area contributed by atoms with E-state index in [1.165, 1.54) is 22.5 Å². The summed E-state index contributed by atoms with van der Waals surface area (Å²) in [5.41, 5.74) is 8.51. The summed E-state index contributed by atoms with van der Waals surface area (Å²) in [6.45, 7) is 15.7. The molecule has 0 aromatic heterocycles. The van der Waals surface area contributed by atoms with Crippen LogP contribution in [0.4, 0.5) is 28.4 Å². The van der Waals surface area contributed by atoms with E-state index in [4.69, 9.17) is 0 Å². The van der Waals surface area contributed by atoms with Gasteiger partial charge in [-0.1, -0.05) is 68.8 Å². The molecular weight excluding hydrogens is 424 g/mol. The number of aryl methyl sites for hydroxylation is 1. The third kappa shape index (κ3) is 5.59. The van der Waals surface area contributed by atoms with Crippen LogP contribution in [0.5, 0.6) is 0 Å². The van der Waals surface area contributed by atoms with Gasteiger partial charge < -0.3 is 9.80 Å². The molecular formula is C33H38N2. The largest absolute Gasteiger partial charge is 0.336 e. The molecule has 4 aromatic rings. The third-order valence-corrected chi connectivity index (χ3v) is 6.34. The number of hydrogen-bond acceptors (Lipinski definition) is 2. The van der Waals surface area contributed by atoms with Gasteiger partial charge in [0.05, 0.1) is 0 Å². The molecule has 2 nitrogen and oxygen atoms in total. The number of rotatable bonds is 5. The number of para-hydroxylation sites is 1. The van der Waals surface area contributed by atoms with E-state index in [9.17, 15) is 0 Å². The maximum atomic E-state index is 2.40. The average molecular weight is 463 g/mol. The first kappa shape index (κ1) is 24.6. The summed E-state index contributed by atoms with van der Waals surface area (Å²) >= 11 is 0. The summed E-state index contributed by atoms with van der Waals surface area (Å²) < 4.78 is 0. The summed E-state index contributed by atoms with van der Waals surface area (Å²) in [6, 6.07) is 37.3. The van der Waals surface area contributed by atoms with Gasteiger partial charge in [-0.2, -0.15) is 0 Å². The van der Waals surface area contributed by atoms with Crippen LogP contribution in [0.15, 0.2) is 103 Å². The first-order valence-electron chi connectivity index (χ1n) is 12.5. The Morgan fingerprint density at radius 2 is 0.857 bits per heavy atom. The van der Waals surface area contributed by atoms with Gasteiger partial charge in [0.1, 0.15) is 0 Å². The van der Waals surface area contributed by atoms with E-state index in [0.29, 0.717) is 0 Å². The molecule has 0 radical (unpaired) electrons. The molecule has 0 heterocycles. The normalized spacial score (nSPS) is 11.9. The van der Waals surface area contributed by atoms with Crippen LogP contribution >= 0.6 is 0 Å². The van der Waals surface area contributed by atoms with Crippen molar-refractivity contribution in [2.45, 2.75) is 59.4 Å². The fraction of sp³-hybridized carbons (Fsp3) is 0.273. The Kier molecular flexibility index (Phi) is 6.76. The fourth-order valence-electron chi connectivity index (χ4n) is 4.50. The van der Waals surface area contributed by atoms with Crippen molar-refractivity contribution >= 4 is 28.4 Å². The van der Waals surface area contributed by atoms with Crippen molar-refractivity contribution < 1.29 is 0 Å². The highest BCUT2D eigenvalue weighted by Crippen LogP contribution is 2.39. The summed E-state index contributed by atoms with van der Waals surface area (Å²) in [7, 11) is 0. The molecule has 0 fully saturated rings. The summed E-state index contributed by atoms with van der Waals surface area (Å²) in [5, 5.41) is 0. The molecule has 0 saturated carbocycles. The Labute approximate surface area is 211 Å². The second-order valence-corrected chi connectivity index (χ2v) is 11.3. The lowest BCUT2D eigenvalue weighted by molar-refractivity contribution is 0.560. The summed E-state index contributed by atoms with van der Waals surface area (Å²) in [5.74, 6) is 0. The maximum absolute atomic E-state index is 2.40. The third-order valence-electron chi connectivity index (χ3n) is 6.34. The lowest BCUT2D eigenvalue weighted by atomic mass is 9.87. The van der Waals surface area contributed by atoms with Crippen LogP contribution in [0.25, 0.3) is 0 Å². The van der Waals surface area contributed by atoms with Crippen molar-refractivity contribution in [2.75, 3.05) is 9.80 Å². The van der Waals surface area contributed by atoms with Crippen molar-refractivity contribution in [3.63, 3.8) is 0 Å². The van der Waals surface area contributed by atoms with Gasteiger partial charge in [-0.15, -0.1) is 0 Å². The van der Waals surface area contributed by atoms with E-state index >= 15 is 0 Å². The van der Waals surface area contributed by atoms with Gasteiger partial charge in [-0.25, -0.2) is 0 Å². The van der Waals surface area contributed by atoms with Crippen LogP contribution in [0.2, 0.25) is 0 Å². The van der Waals surface area contributed by atoms with E-state index in [-0.39, 0.29) is 11.0 Å². The molecule has 4 aromatic carbocycles. The molecule has 0 amide bonds. The molecule has 0 aliphatic heterocycles. The van der Waals surface area contributed by atoms with Crippen molar-refractivity contribution in [2.24, 2.45) is 0 Å². The number of anilines is 5. The average Bonchev–Trinajstić information content (AvgIpc) is 2.81. The fourth-order valence-corrected chi connectivity index (χ4v) is 4.50. The molecule has 0 spiro atoms. The van der Waals surface area contributed by atoms with Crippen molar-refractivity contribution in [1.82, 2.24) is 0 Å². The molecule has 180 valence electrons. The van der Waals surface area contributed by atoms with Gasteiger partial charge in [0, 0.05) is 34.0 Å². The number of nitrogens with zero attached hydrogens (tertiary/aromatic N) is 2. The quantitative estimate of drug-likeness (QED) is 0.291. The molecule has 0 bridgehead atoms. The Bertz CT molecular complexity index is 1220.